The van der Waals surface area contributed by atoms with Gasteiger partial charge in [-0.25, -0.2) is 4.39 Å². The molecule has 1 unspecified atom stereocenters. The highest BCUT2D eigenvalue weighted by molar-refractivity contribution is 5.86. The van der Waals surface area contributed by atoms with Crippen molar-refractivity contribution in [2.24, 2.45) is 5.73 Å². The van der Waals surface area contributed by atoms with Gasteiger partial charge in [-0.3, -0.25) is 4.79 Å². The molecule has 4 nitrogen and oxygen atoms in total. The van der Waals surface area contributed by atoms with Gasteiger partial charge in [0.2, 0.25) is 5.91 Å². The van der Waals surface area contributed by atoms with Crippen molar-refractivity contribution in [2.45, 2.75) is 50.6 Å². The van der Waals surface area contributed by atoms with Gasteiger partial charge >= 0.3 is 0 Å². The molecule has 21 heavy (non-hydrogen) atoms. The van der Waals surface area contributed by atoms with Crippen LogP contribution in [0, 0.1) is 5.82 Å². The lowest BCUT2D eigenvalue weighted by Gasteiger charge is -2.33. The first-order valence-electron chi connectivity index (χ1n) is 7.39. The predicted molar refractivity (Wildman–Crippen MR) is 79.5 cm³/mol. The maximum Gasteiger partial charge on any atom is 0.240 e. The van der Waals surface area contributed by atoms with Gasteiger partial charge in [-0.05, 0) is 37.5 Å². The summed E-state index contributed by atoms with van der Waals surface area (Å²) in [6.07, 6.45) is 4.52. The predicted octanol–water partition coefficient (Wildman–Crippen LogP) is 2.67. The molecular formula is C16H23FN2O2. The van der Waals surface area contributed by atoms with Crippen molar-refractivity contribution in [3.63, 3.8) is 0 Å². The minimum Gasteiger partial charge on any atom is -0.494 e. The van der Waals surface area contributed by atoms with Crippen molar-refractivity contribution in [3.05, 3.63) is 29.6 Å². The van der Waals surface area contributed by atoms with Crippen LogP contribution in [0.15, 0.2) is 18.2 Å². The number of amides is 1. The van der Waals surface area contributed by atoms with Crippen LogP contribution in [0.25, 0.3) is 0 Å². The van der Waals surface area contributed by atoms with Crippen LogP contribution in [0.5, 0.6) is 5.75 Å². The molecule has 1 fully saturated rings. The van der Waals surface area contributed by atoms with E-state index in [0.717, 1.165) is 19.3 Å². The second-order valence-corrected chi connectivity index (χ2v) is 5.81. The van der Waals surface area contributed by atoms with Crippen molar-refractivity contribution in [1.82, 2.24) is 5.32 Å². The molecule has 1 atom stereocenters. The molecule has 0 saturated heterocycles. The van der Waals surface area contributed by atoms with Crippen LogP contribution in [-0.4, -0.2) is 18.6 Å². The van der Waals surface area contributed by atoms with E-state index < -0.39 is 11.4 Å². The second-order valence-electron chi connectivity index (χ2n) is 5.81. The van der Waals surface area contributed by atoms with Gasteiger partial charge in [0.15, 0.2) is 11.6 Å². The lowest BCUT2D eigenvalue weighted by Crippen LogP contribution is -2.55. The number of methoxy groups -OCH3 is 1. The summed E-state index contributed by atoms with van der Waals surface area (Å²) in [6.45, 7) is 1.82. The Kier molecular flexibility index (Phi) is 4.83. The number of carbonyl (C=O) groups excluding carboxylic acids is 1. The first-order valence-corrected chi connectivity index (χ1v) is 7.39. The monoisotopic (exact) mass is 294 g/mol. The fourth-order valence-corrected chi connectivity index (χ4v) is 2.79. The van der Waals surface area contributed by atoms with Crippen LogP contribution >= 0.6 is 0 Å². The Morgan fingerprint density at radius 2 is 2.05 bits per heavy atom. The zero-order valence-electron chi connectivity index (χ0n) is 12.6. The molecule has 5 heteroatoms. The summed E-state index contributed by atoms with van der Waals surface area (Å²) < 4.78 is 18.6. The molecule has 1 aliphatic carbocycles. The fourth-order valence-electron chi connectivity index (χ4n) is 2.79. The second kappa shape index (κ2) is 6.43. The molecule has 1 saturated carbocycles. The van der Waals surface area contributed by atoms with E-state index in [4.69, 9.17) is 10.5 Å². The van der Waals surface area contributed by atoms with Crippen LogP contribution < -0.4 is 15.8 Å². The van der Waals surface area contributed by atoms with Crippen LogP contribution in [0.2, 0.25) is 0 Å². The third-order valence-electron chi connectivity index (χ3n) is 4.22. The Morgan fingerprint density at radius 1 is 1.38 bits per heavy atom. The number of halogens is 1. The molecule has 0 heterocycles. The highest BCUT2D eigenvalue weighted by atomic mass is 19.1. The van der Waals surface area contributed by atoms with E-state index in [1.165, 1.54) is 13.2 Å². The smallest absolute Gasteiger partial charge is 0.240 e. The van der Waals surface area contributed by atoms with Gasteiger partial charge < -0.3 is 15.8 Å². The number of ether oxygens (including phenoxy) is 1. The van der Waals surface area contributed by atoms with Gasteiger partial charge in [0.05, 0.1) is 18.7 Å². The molecule has 0 aromatic heterocycles. The zero-order valence-corrected chi connectivity index (χ0v) is 12.6. The molecule has 0 bridgehead atoms. The number of hydrogen-bond acceptors (Lipinski definition) is 3. The van der Waals surface area contributed by atoms with Crippen LogP contribution in [-0.2, 0) is 4.79 Å². The third-order valence-corrected chi connectivity index (χ3v) is 4.22. The summed E-state index contributed by atoms with van der Waals surface area (Å²) in [7, 11) is 1.42. The van der Waals surface area contributed by atoms with E-state index in [9.17, 15) is 9.18 Å². The fraction of sp³-hybridized carbons (Fsp3) is 0.562. The zero-order chi connectivity index (χ0) is 15.5. The number of nitrogens with one attached hydrogen (secondary N) is 1. The molecule has 1 aromatic rings. The summed E-state index contributed by atoms with van der Waals surface area (Å²) in [5.74, 6) is -0.387. The Bertz CT molecular complexity index is 513. The Hall–Kier alpha value is -1.62. The van der Waals surface area contributed by atoms with Crippen molar-refractivity contribution in [1.29, 1.82) is 0 Å². The maximum atomic E-state index is 13.7. The lowest BCUT2D eigenvalue weighted by molar-refractivity contribution is -0.128. The van der Waals surface area contributed by atoms with E-state index >= 15 is 0 Å². The minimum absolute atomic E-state index is 0.147. The van der Waals surface area contributed by atoms with Crippen molar-refractivity contribution >= 4 is 5.91 Å². The highest BCUT2D eigenvalue weighted by Crippen LogP contribution is 2.27. The summed E-state index contributed by atoms with van der Waals surface area (Å²) in [6, 6.07) is 4.40. The molecule has 0 radical (unpaired) electrons. The average Bonchev–Trinajstić information content (AvgIpc) is 2.47. The normalized spacial score (nSPS) is 18.9. The van der Waals surface area contributed by atoms with E-state index in [2.05, 4.69) is 5.32 Å². The minimum atomic E-state index is -0.780. The Labute approximate surface area is 124 Å². The van der Waals surface area contributed by atoms with E-state index in [0.29, 0.717) is 18.4 Å². The molecular weight excluding hydrogens is 271 g/mol. The van der Waals surface area contributed by atoms with Gasteiger partial charge in [0.25, 0.3) is 0 Å². The van der Waals surface area contributed by atoms with Gasteiger partial charge in [-0.15, -0.1) is 0 Å². The molecule has 1 amide bonds. The highest BCUT2D eigenvalue weighted by Gasteiger charge is 2.35. The largest absolute Gasteiger partial charge is 0.494 e. The average molecular weight is 294 g/mol. The molecule has 1 aliphatic rings. The number of carbonyl (C=O) groups is 1. The van der Waals surface area contributed by atoms with Crippen LogP contribution in [0.1, 0.15) is 50.6 Å². The van der Waals surface area contributed by atoms with Gasteiger partial charge in [-0.1, -0.05) is 25.3 Å². The topological polar surface area (TPSA) is 64.3 Å². The lowest BCUT2D eigenvalue weighted by atomic mass is 9.81. The first-order chi connectivity index (χ1) is 9.96. The van der Waals surface area contributed by atoms with Crippen LogP contribution in [0.3, 0.4) is 0 Å². The molecule has 2 rings (SSSR count). The Morgan fingerprint density at radius 3 is 2.62 bits per heavy atom. The molecule has 1 aromatic carbocycles. The molecule has 0 aliphatic heterocycles. The summed E-state index contributed by atoms with van der Waals surface area (Å²) in [4.78, 5) is 12.4. The van der Waals surface area contributed by atoms with Gasteiger partial charge in [0, 0.05) is 0 Å². The quantitative estimate of drug-likeness (QED) is 0.897. The first kappa shape index (κ1) is 15.8. The number of nitrogens with two attached hydrogens (primary N) is 1. The van der Waals surface area contributed by atoms with E-state index in [-0.39, 0.29) is 17.7 Å². The van der Waals surface area contributed by atoms with E-state index in [1.807, 2.05) is 6.92 Å². The number of hydrogen-bond donors (Lipinski definition) is 2. The maximum absolute atomic E-state index is 13.7. The molecule has 0 spiro atoms. The van der Waals surface area contributed by atoms with Gasteiger partial charge in [-0.2, -0.15) is 0 Å². The number of benzene rings is 1. The van der Waals surface area contributed by atoms with E-state index in [1.54, 1.807) is 12.1 Å². The Balaban J connectivity index is 2.05. The van der Waals surface area contributed by atoms with Crippen molar-refractivity contribution < 1.29 is 13.9 Å². The number of rotatable bonds is 4. The van der Waals surface area contributed by atoms with Gasteiger partial charge in [0.1, 0.15) is 0 Å². The SMILES string of the molecule is COc1ccc(C(C)NC(=O)C2(N)CCCCC2)cc1F. The van der Waals surface area contributed by atoms with Crippen LogP contribution in [0.4, 0.5) is 4.39 Å². The van der Waals surface area contributed by atoms with Crippen molar-refractivity contribution in [2.75, 3.05) is 7.11 Å². The standard InChI is InChI=1S/C16H23FN2O2/c1-11(12-6-7-14(21-2)13(17)10-12)19-15(20)16(18)8-4-3-5-9-16/h6-7,10-11H,3-5,8-9,18H2,1-2H3,(H,19,20). The molecule has 116 valence electrons. The van der Waals surface area contributed by atoms with Crippen molar-refractivity contribution in [3.8, 4) is 5.75 Å². The summed E-state index contributed by atoms with van der Waals surface area (Å²) in [5.41, 5.74) is 6.11. The summed E-state index contributed by atoms with van der Waals surface area (Å²) >= 11 is 0. The summed E-state index contributed by atoms with van der Waals surface area (Å²) in [5, 5.41) is 2.90. The molecule has 3 N–H and O–H groups in total. The third kappa shape index (κ3) is 3.53.